The first kappa shape index (κ1) is 21.9. The van der Waals surface area contributed by atoms with Crippen LogP contribution in [0.15, 0.2) is 71.0 Å². The fourth-order valence-corrected chi connectivity index (χ4v) is 4.92. The topological polar surface area (TPSA) is 101 Å². The summed E-state index contributed by atoms with van der Waals surface area (Å²) in [6.45, 7) is 3.07. The van der Waals surface area contributed by atoms with Gasteiger partial charge in [0.25, 0.3) is 11.2 Å². The number of nitro benzene ring substituents is 1. The highest BCUT2D eigenvalue weighted by atomic mass is 32.1. The van der Waals surface area contributed by atoms with Crippen molar-refractivity contribution in [2.75, 3.05) is 31.1 Å². The Morgan fingerprint density at radius 3 is 2.53 bits per heavy atom. The van der Waals surface area contributed by atoms with E-state index in [9.17, 15) is 19.7 Å². The van der Waals surface area contributed by atoms with Gasteiger partial charge < -0.3 is 4.90 Å². The highest BCUT2D eigenvalue weighted by Gasteiger charge is 2.25. The average Bonchev–Trinajstić information content (AvgIpc) is 3.34. The number of nitrogens with zero attached hydrogens (tertiary/aromatic N) is 5. The van der Waals surface area contributed by atoms with E-state index in [2.05, 4.69) is 9.88 Å². The lowest BCUT2D eigenvalue weighted by Gasteiger charge is -2.35. The number of anilines is 1. The lowest BCUT2D eigenvalue weighted by atomic mass is 10.0. The van der Waals surface area contributed by atoms with Crippen molar-refractivity contribution in [2.45, 2.75) is 6.54 Å². The number of aromatic nitrogens is 2. The first-order valence-electron chi connectivity index (χ1n) is 10.8. The molecule has 172 valence electrons. The Morgan fingerprint density at radius 1 is 1.03 bits per heavy atom. The van der Waals surface area contributed by atoms with Crippen LogP contribution in [0.25, 0.3) is 4.96 Å². The number of nitro groups is 1. The molecule has 2 aromatic heterocycles. The largest absolute Gasteiger partial charge is 0.363 e. The summed E-state index contributed by atoms with van der Waals surface area (Å²) in [5, 5.41) is 13.6. The van der Waals surface area contributed by atoms with Crippen molar-refractivity contribution in [2.24, 2.45) is 0 Å². The van der Waals surface area contributed by atoms with E-state index in [1.165, 1.54) is 21.8 Å². The number of thiazole rings is 1. The second-order valence-electron chi connectivity index (χ2n) is 8.06. The molecule has 0 radical (unpaired) electrons. The predicted molar refractivity (Wildman–Crippen MR) is 130 cm³/mol. The first-order valence-corrected chi connectivity index (χ1v) is 11.7. The van der Waals surface area contributed by atoms with Gasteiger partial charge in [0.1, 0.15) is 5.69 Å². The van der Waals surface area contributed by atoms with Gasteiger partial charge >= 0.3 is 0 Å². The molecule has 0 amide bonds. The summed E-state index contributed by atoms with van der Waals surface area (Å²) in [6, 6.07) is 15.0. The Bertz CT molecular complexity index is 1420. The van der Waals surface area contributed by atoms with Gasteiger partial charge in [-0.05, 0) is 12.1 Å². The lowest BCUT2D eigenvalue weighted by Crippen LogP contribution is -2.46. The van der Waals surface area contributed by atoms with Crippen LogP contribution in [-0.4, -0.2) is 51.2 Å². The zero-order valence-electron chi connectivity index (χ0n) is 18.2. The minimum Gasteiger partial charge on any atom is -0.363 e. The van der Waals surface area contributed by atoms with E-state index >= 15 is 0 Å². The number of piperazine rings is 1. The van der Waals surface area contributed by atoms with Gasteiger partial charge in [0.05, 0.1) is 10.6 Å². The Hall–Kier alpha value is -3.89. The van der Waals surface area contributed by atoms with Crippen LogP contribution in [0.4, 0.5) is 11.4 Å². The third-order valence-corrected chi connectivity index (χ3v) is 6.68. The standard InChI is InChI=1S/C24H21N5O4S/c30-22-15-19(25-24-28(22)12-13-34-24)16-26-8-10-27(11-9-26)20-7-6-18(14-21(20)29(32)33)23(31)17-4-2-1-3-5-17/h1-7,12-15H,8-11,16H2. The molecule has 0 atom stereocenters. The molecule has 0 aliphatic carbocycles. The van der Waals surface area contributed by atoms with E-state index in [0.717, 1.165) is 5.69 Å². The van der Waals surface area contributed by atoms with Crippen molar-refractivity contribution < 1.29 is 9.72 Å². The third kappa shape index (κ3) is 4.33. The van der Waals surface area contributed by atoms with E-state index < -0.39 is 4.92 Å². The van der Waals surface area contributed by atoms with Gasteiger partial charge in [-0.3, -0.25) is 29.0 Å². The molecule has 34 heavy (non-hydrogen) atoms. The number of carbonyl (C=O) groups excluding carboxylic acids is 1. The van der Waals surface area contributed by atoms with Gasteiger partial charge in [-0.2, -0.15) is 0 Å². The number of benzene rings is 2. The zero-order chi connectivity index (χ0) is 23.7. The fourth-order valence-electron chi connectivity index (χ4n) is 4.18. The molecular formula is C24H21N5O4S. The second-order valence-corrected chi connectivity index (χ2v) is 8.93. The molecule has 0 spiro atoms. The number of hydrogen-bond donors (Lipinski definition) is 0. The number of hydrogen-bond acceptors (Lipinski definition) is 8. The second kappa shape index (κ2) is 9.16. The Kier molecular flexibility index (Phi) is 5.91. The Morgan fingerprint density at radius 2 is 1.79 bits per heavy atom. The maximum Gasteiger partial charge on any atom is 0.293 e. The quantitative estimate of drug-likeness (QED) is 0.240. The van der Waals surface area contributed by atoms with Crippen molar-refractivity contribution in [3.05, 3.63) is 103 Å². The number of fused-ring (bicyclic) bond motifs is 1. The van der Waals surface area contributed by atoms with Crippen LogP contribution in [-0.2, 0) is 6.54 Å². The molecule has 1 fully saturated rings. The normalized spacial score (nSPS) is 14.4. The average molecular weight is 476 g/mol. The molecular weight excluding hydrogens is 454 g/mol. The molecule has 1 aliphatic heterocycles. The molecule has 2 aromatic carbocycles. The molecule has 1 aliphatic rings. The summed E-state index contributed by atoms with van der Waals surface area (Å²) in [5.74, 6) is -0.244. The lowest BCUT2D eigenvalue weighted by molar-refractivity contribution is -0.384. The van der Waals surface area contributed by atoms with Crippen LogP contribution in [0.2, 0.25) is 0 Å². The van der Waals surface area contributed by atoms with E-state index in [1.54, 1.807) is 48.7 Å². The summed E-state index contributed by atoms with van der Waals surface area (Å²) >= 11 is 1.42. The van der Waals surface area contributed by atoms with E-state index in [0.29, 0.717) is 54.5 Å². The van der Waals surface area contributed by atoms with Crippen molar-refractivity contribution in [1.82, 2.24) is 14.3 Å². The molecule has 3 heterocycles. The SMILES string of the molecule is O=C(c1ccccc1)c1ccc(N2CCN(Cc3cc(=O)n4ccsc4n3)CC2)c([N+](=O)[O-])c1. The van der Waals surface area contributed by atoms with Crippen LogP contribution >= 0.6 is 11.3 Å². The van der Waals surface area contributed by atoms with Crippen LogP contribution < -0.4 is 10.5 Å². The van der Waals surface area contributed by atoms with Gasteiger partial charge in [0.15, 0.2) is 10.7 Å². The molecule has 4 aromatic rings. The summed E-state index contributed by atoms with van der Waals surface area (Å²) in [7, 11) is 0. The number of carbonyl (C=O) groups is 1. The van der Waals surface area contributed by atoms with E-state index in [-0.39, 0.29) is 17.0 Å². The predicted octanol–water partition coefficient (Wildman–Crippen LogP) is 3.22. The molecule has 10 heteroatoms. The van der Waals surface area contributed by atoms with Crippen molar-refractivity contribution in [1.29, 1.82) is 0 Å². The summed E-state index contributed by atoms with van der Waals surface area (Å²) < 4.78 is 1.53. The Balaban J connectivity index is 1.30. The zero-order valence-corrected chi connectivity index (χ0v) is 19.0. The number of rotatable bonds is 6. The van der Waals surface area contributed by atoms with Crippen molar-refractivity contribution in [3.8, 4) is 0 Å². The van der Waals surface area contributed by atoms with Gasteiger partial charge in [0.2, 0.25) is 0 Å². The third-order valence-electron chi connectivity index (χ3n) is 5.93. The molecule has 9 nitrogen and oxygen atoms in total. The van der Waals surface area contributed by atoms with Gasteiger partial charge in [-0.25, -0.2) is 4.98 Å². The van der Waals surface area contributed by atoms with Gasteiger partial charge in [-0.1, -0.05) is 30.3 Å². The molecule has 0 bridgehead atoms. The van der Waals surface area contributed by atoms with Crippen LogP contribution in [0.3, 0.4) is 0 Å². The highest BCUT2D eigenvalue weighted by Crippen LogP contribution is 2.31. The van der Waals surface area contributed by atoms with Crippen LogP contribution in [0.1, 0.15) is 21.6 Å². The molecule has 0 N–H and O–H groups in total. The number of ketones is 1. The van der Waals surface area contributed by atoms with Gasteiger partial charge in [0, 0.05) is 67.6 Å². The monoisotopic (exact) mass is 475 g/mol. The van der Waals surface area contributed by atoms with E-state index in [4.69, 9.17) is 0 Å². The first-order chi connectivity index (χ1) is 16.5. The minimum absolute atomic E-state index is 0.0759. The molecule has 1 saturated heterocycles. The highest BCUT2D eigenvalue weighted by molar-refractivity contribution is 7.15. The van der Waals surface area contributed by atoms with Gasteiger partial charge in [-0.15, -0.1) is 11.3 Å². The maximum atomic E-state index is 12.7. The van der Waals surface area contributed by atoms with Crippen molar-refractivity contribution >= 4 is 33.5 Å². The summed E-state index contributed by atoms with van der Waals surface area (Å²) in [4.78, 5) is 45.7. The smallest absolute Gasteiger partial charge is 0.293 e. The fraction of sp³-hybridized carbons (Fsp3) is 0.208. The van der Waals surface area contributed by atoms with Crippen LogP contribution in [0.5, 0.6) is 0 Å². The molecule has 0 unspecified atom stereocenters. The van der Waals surface area contributed by atoms with E-state index in [1.807, 2.05) is 16.3 Å². The minimum atomic E-state index is -0.433. The Labute approximate surface area is 198 Å². The maximum absolute atomic E-state index is 12.7. The van der Waals surface area contributed by atoms with Crippen LogP contribution in [0, 0.1) is 10.1 Å². The molecule has 5 rings (SSSR count). The van der Waals surface area contributed by atoms with Crippen molar-refractivity contribution in [3.63, 3.8) is 0 Å². The summed E-state index contributed by atoms with van der Waals surface area (Å²) in [5.41, 5.74) is 1.84. The molecule has 0 saturated carbocycles. The summed E-state index contributed by atoms with van der Waals surface area (Å²) in [6.07, 6.45) is 1.71.